The first-order valence-electron chi connectivity index (χ1n) is 7.28. The molecule has 3 aromatic rings. The van der Waals surface area contributed by atoms with Gasteiger partial charge < -0.3 is 19.6 Å². The number of carbonyl (C=O) groups is 1. The van der Waals surface area contributed by atoms with Gasteiger partial charge in [0.1, 0.15) is 17.3 Å². The predicted molar refractivity (Wildman–Crippen MR) is 87.9 cm³/mol. The van der Waals surface area contributed by atoms with E-state index in [4.69, 9.17) is 9.47 Å². The minimum absolute atomic E-state index is 0.00713. The first kappa shape index (κ1) is 16.4. The van der Waals surface area contributed by atoms with Crippen LogP contribution < -0.4 is 9.47 Å². The van der Waals surface area contributed by atoms with Crippen LogP contribution in [0.15, 0.2) is 52.7 Å². The average Bonchev–Trinajstić information content (AvgIpc) is 2.93. The van der Waals surface area contributed by atoms with Gasteiger partial charge in [0.05, 0.1) is 12.6 Å². The van der Waals surface area contributed by atoms with Crippen LogP contribution in [0, 0.1) is 5.82 Å². The lowest BCUT2D eigenvalue weighted by Gasteiger charge is -2.04. The molecule has 0 aliphatic rings. The number of azo groups is 1. The molecule has 0 aliphatic carbocycles. The smallest absolute Gasteiger partial charge is 0.302 e. The van der Waals surface area contributed by atoms with Gasteiger partial charge in [-0.05, 0) is 42.5 Å². The van der Waals surface area contributed by atoms with Crippen molar-refractivity contribution in [3.8, 4) is 17.4 Å². The number of methoxy groups -OCH3 is 1. The third-order valence-corrected chi connectivity index (χ3v) is 3.40. The Morgan fingerprint density at radius 1 is 1.20 bits per heavy atom. The maximum atomic E-state index is 13.3. The standard InChI is InChI=1S/C17H14FN3O4/c1-24-11-3-5-12(6-4-11)25-9-15(22)20-21-16-13-8-10(18)2-7-14(13)19-17(16)23/h2-8,19,23H,9H2,1H3. The molecule has 0 radical (unpaired) electrons. The van der Waals surface area contributed by atoms with E-state index in [1.165, 1.54) is 18.2 Å². The van der Waals surface area contributed by atoms with E-state index in [0.717, 1.165) is 0 Å². The van der Waals surface area contributed by atoms with Crippen molar-refractivity contribution >= 4 is 22.5 Å². The predicted octanol–water partition coefficient (Wildman–Crippen LogP) is 3.71. The van der Waals surface area contributed by atoms with Crippen LogP contribution in [0.2, 0.25) is 0 Å². The SMILES string of the molecule is COc1ccc(OCC(=O)N=Nc2c(O)[nH]c3ccc(F)cc23)cc1. The van der Waals surface area contributed by atoms with Crippen molar-refractivity contribution in [2.75, 3.05) is 13.7 Å². The van der Waals surface area contributed by atoms with Gasteiger partial charge in [-0.25, -0.2) is 4.39 Å². The van der Waals surface area contributed by atoms with E-state index < -0.39 is 11.7 Å². The third-order valence-electron chi connectivity index (χ3n) is 3.40. The molecule has 0 bridgehead atoms. The molecule has 0 atom stereocenters. The van der Waals surface area contributed by atoms with Crippen molar-refractivity contribution in [2.45, 2.75) is 0 Å². The summed E-state index contributed by atoms with van der Waals surface area (Å²) in [5.41, 5.74) is 0.474. The number of aromatic amines is 1. The Labute approximate surface area is 141 Å². The Morgan fingerprint density at radius 3 is 2.64 bits per heavy atom. The van der Waals surface area contributed by atoms with E-state index in [1.54, 1.807) is 31.4 Å². The lowest BCUT2D eigenvalue weighted by Crippen LogP contribution is -2.07. The third kappa shape index (κ3) is 3.74. The van der Waals surface area contributed by atoms with E-state index in [9.17, 15) is 14.3 Å². The maximum absolute atomic E-state index is 13.3. The molecule has 3 rings (SSSR count). The summed E-state index contributed by atoms with van der Waals surface area (Å²) < 4.78 is 23.6. The molecule has 7 nitrogen and oxygen atoms in total. The monoisotopic (exact) mass is 343 g/mol. The zero-order chi connectivity index (χ0) is 17.8. The molecule has 128 valence electrons. The van der Waals surface area contributed by atoms with Crippen LogP contribution in [-0.2, 0) is 4.79 Å². The van der Waals surface area contributed by atoms with E-state index >= 15 is 0 Å². The summed E-state index contributed by atoms with van der Waals surface area (Å²) in [5, 5.41) is 17.3. The number of aromatic hydroxyl groups is 1. The van der Waals surface area contributed by atoms with Gasteiger partial charge in [-0.3, -0.25) is 4.79 Å². The molecule has 25 heavy (non-hydrogen) atoms. The molecule has 0 aliphatic heterocycles. The number of rotatable bonds is 5. The van der Waals surface area contributed by atoms with Gasteiger partial charge in [0.25, 0.3) is 0 Å². The number of benzene rings is 2. The number of hydrogen-bond donors (Lipinski definition) is 2. The number of fused-ring (bicyclic) bond motifs is 1. The van der Waals surface area contributed by atoms with E-state index in [-0.39, 0.29) is 18.2 Å². The summed E-state index contributed by atoms with van der Waals surface area (Å²) >= 11 is 0. The minimum atomic E-state index is -0.652. The van der Waals surface area contributed by atoms with Crippen LogP contribution in [0.25, 0.3) is 10.9 Å². The van der Waals surface area contributed by atoms with Crippen LogP contribution >= 0.6 is 0 Å². The van der Waals surface area contributed by atoms with E-state index in [1.807, 2.05) is 0 Å². The first-order valence-corrected chi connectivity index (χ1v) is 7.28. The maximum Gasteiger partial charge on any atom is 0.302 e. The van der Waals surface area contributed by atoms with E-state index in [0.29, 0.717) is 22.4 Å². The second-order valence-electron chi connectivity index (χ2n) is 5.07. The number of ether oxygens (including phenoxy) is 2. The van der Waals surface area contributed by atoms with Crippen LogP contribution in [0.5, 0.6) is 17.4 Å². The highest BCUT2D eigenvalue weighted by molar-refractivity contribution is 5.94. The normalized spacial score (nSPS) is 11.1. The summed E-state index contributed by atoms with van der Waals surface area (Å²) in [5.74, 6) is -0.298. The number of carbonyl (C=O) groups excluding carboxylic acids is 1. The van der Waals surface area contributed by atoms with Gasteiger partial charge in [0.2, 0.25) is 5.88 Å². The number of amides is 1. The second kappa shape index (κ2) is 7.00. The summed E-state index contributed by atoms with van der Waals surface area (Å²) in [6.45, 7) is -0.326. The number of nitrogens with one attached hydrogen (secondary N) is 1. The fraction of sp³-hybridized carbons (Fsp3) is 0.118. The summed E-state index contributed by atoms with van der Waals surface area (Å²) in [4.78, 5) is 14.4. The van der Waals surface area contributed by atoms with Crippen molar-refractivity contribution in [3.63, 3.8) is 0 Å². The second-order valence-corrected chi connectivity index (χ2v) is 5.07. The summed E-state index contributed by atoms with van der Waals surface area (Å²) in [6, 6.07) is 10.6. The Kier molecular flexibility index (Phi) is 4.60. The molecule has 1 heterocycles. The molecule has 1 aromatic heterocycles. The fourth-order valence-corrected chi connectivity index (χ4v) is 2.19. The molecule has 8 heteroatoms. The molecular formula is C17H14FN3O4. The summed E-state index contributed by atoms with van der Waals surface area (Å²) in [6.07, 6.45) is 0. The van der Waals surface area contributed by atoms with Crippen molar-refractivity contribution in [1.29, 1.82) is 0 Å². The topological polar surface area (TPSA) is 96.3 Å². The van der Waals surface area contributed by atoms with Gasteiger partial charge in [-0.2, -0.15) is 0 Å². The molecular weight excluding hydrogens is 329 g/mol. The van der Waals surface area contributed by atoms with Gasteiger partial charge in [-0.1, -0.05) is 0 Å². The van der Waals surface area contributed by atoms with Crippen molar-refractivity contribution in [1.82, 2.24) is 4.98 Å². The average molecular weight is 343 g/mol. The fourth-order valence-electron chi connectivity index (χ4n) is 2.19. The highest BCUT2D eigenvalue weighted by Gasteiger charge is 2.12. The van der Waals surface area contributed by atoms with Crippen LogP contribution in [0.3, 0.4) is 0 Å². The highest BCUT2D eigenvalue weighted by Crippen LogP contribution is 2.35. The molecule has 0 spiro atoms. The molecule has 2 aromatic carbocycles. The molecule has 0 fully saturated rings. The Balaban J connectivity index is 1.68. The lowest BCUT2D eigenvalue weighted by molar-refractivity contribution is -0.120. The van der Waals surface area contributed by atoms with Gasteiger partial charge in [-0.15, -0.1) is 10.2 Å². The van der Waals surface area contributed by atoms with Crippen molar-refractivity contribution in [3.05, 3.63) is 48.3 Å². The zero-order valence-corrected chi connectivity index (χ0v) is 13.2. The first-order chi connectivity index (χ1) is 12.1. The number of nitrogens with zero attached hydrogens (tertiary/aromatic N) is 2. The Hall–Kier alpha value is -3.42. The van der Waals surface area contributed by atoms with Gasteiger partial charge in [0, 0.05) is 5.39 Å². The molecule has 0 unspecified atom stereocenters. The highest BCUT2D eigenvalue weighted by atomic mass is 19.1. The molecule has 0 saturated heterocycles. The number of H-pyrrole nitrogens is 1. The largest absolute Gasteiger partial charge is 0.497 e. The zero-order valence-electron chi connectivity index (χ0n) is 13.2. The van der Waals surface area contributed by atoms with Crippen molar-refractivity contribution < 1.29 is 23.8 Å². The lowest BCUT2D eigenvalue weighted by atomic mass is 10.2. The van der Waals surface area contributed by atoms with Crippen LogP contribution in [0.1, 0.15) is 0 Å². The van der Waals surface area contributed by atoms with Gasteiger partial charge >= 0.3 is 5.91 Å². The Bertz CT molecular complexity index is 935. The minimum Gasteiger partial charge on any atom is -0.497 e. The molecule has 1 amide bonds. The Morgan fingerprint density at radius 2 is 1.92 bits per heavy atom. The molecule has 2 N–H and O–H groups in total. The van der Waals surface area contributed by atoms with Crippen LogP contribution in [0.4, 0.5) is 10.1 Å². The number of hydrogen-bond acceptors (Lipinski definition) is 5. The quantitative estimate of drug-likeness (QED) is 0.690. The van der Waals surface area contributed by atoms with Crippen molar-refractivity contribution in [2.24, 2.45) is 10.2 Å². The summed E-state index contributed by atoms with van der Waals surface area (Å²) in [7, 11) is 1.55. The molecule has 0 saturated carbocycles. The number of halogens is 1. The number of aromatic nitrogens is 1. The van der Waals surface area contributed by atoms with E-state index in [2.05, 4.69) is 15.2 Å². The van der Waals surface area contributed by atoms with Crippen LogP contribution in [-0.4, -0.2) is 29.7 Å². The van der Waals surface area contributed by atoms with Gasteiger partial charge in [0.15, 0.2) is 12.3 Å².